The molecule has 1 N–H and O–H groups in total. The summed E-state index contributed by atoms with van der Waals surface area (Å²) < 4.78 is 83.7. The SMILES string of the molecule is O=C1OC(C(F)(F)F)(C(F)(F)F)NC1CSC(c1ccccc1)(c1ccccc1)c1ccccc1. The molecule has 1 heterocycles. The van der Waals surface area contributed by atoms with Gasteiger partial charge in [-0.3, -0.25) is 4.79 Å². The molecule has 1 unspecified atom stereocenters. The zero-order valence-electron chi connectivity index (χ0n) is 17.9. The minimum Gasteiger partial charge on any atom is -0.424 e. The van der Waals surface area contributed by atoms with Crippen molar-refractivity contribution in [2.24, 2.45) is 0 Å². The van der Waals surface area contributed by atoms with E-state index in [1.807, 2.05) is 36.4 Å². The minimum atomic E-state index is -5.89. The van der Waals surface area contributed by atoms with Gasteiger partial charge in [-0.2, -0.15) is 26.3 Å². The first kappa shape index (κ1) is 25.1. The molecule has 0 aromatic heterocycles. The Balaban J connectivity index is 1.78. The summed E-state index contributed by atoms with van der Waals surface area (Å²) in [6.45, 7) is 0. The lowest BCUT2D eigenvalue weighted by Crippen LogP contribution is -2.65. The summed E-state index contributed by atoms with van der Waals surface area (Å²) in [5, 5.41) is 1.42. The summed E-state index contributed by atoms with van der Waals surface area (Å²) >= 11 is 1.05. The summed E-state index contributed by atoms with van der Waals surface area (Å²) in [6.07, 6.45) is -11.8. The predicted octanol–water partition coefficient (Wildman–Crippen LogP) is 6.05. The van der Waals surface area contributed by atoms with Gasteiger partial charge >= 0.3 is 24.0 Å². The number of thioether (sulfide) groups is 1. The van der Waals surface area contributed by atoms with E-state index in [1.54, 1.807) is 54.6 Å². The number of benzene rings is 3. The Morgan fingerprint density at radius 2 is 1.09 bits per heavy atom. The smallest absolute Gasteiger partial charge is 0.424 e. The number of carbonyl (C=O) groups is 1. The summed E-state index contributed by atoms with van der Waals surface area (Å²) in [4.78, 5) is 12.3. The fourth-order valence-corrected chi connectivity index (χ4v) is 5.63. The molecule has 3 aromatic carbocycles. The Labute approximate surface area is 201 Å². The van der Waals surface area contributed by atoms with Crippen LogP contribution < -0.4 is 5.32 Å². The van der Waals surface area contributed by atoms with Crippen LogP contribution in [-0.2, 0) is 14.3 Å². The molecule has 4 rings (SSSR count). The minimum absolute atomic E-state index is 0.425. The molecule has 10 heteroatoms. The van der Waals surface area contributed by atoms with Crippen LogP contribution in [0.3, 0.4) is 0 Å². The lowest BCUT2D eigenvalue weighted by Gasteiger charge is -2.36. The van der Waals surface area contributed by atoms with Gasteiger partial charge in [0.2, 0.25) is 0 Å². The van der Waals surface area contributed by atoms with Crippen molar-refractivity contribution in [1.29, 1.82) is 0 Å². The Kier molecular flexibility index (Phi) is 6.63. The van der Waals surface area contributed by atoms with Crippen LogP contribution in [0.2, 0.25) is 0 Å². The molecule has 1 aliphatic heterocycles. The second-order valence-corrected chi connectivity index (χ2v) is 9.12. The number of hydrogen-bond acceptors (Lipinski definition) is 4. The van der Waals surface area contributed by atoms with E-state index in [0.29, 0.717) is 0 Å². The Hall–Kier alpha value is -2.98. The molecular formula is C25H19F6NO2S. The molecule has 0 saturated carbocycles. The van der Waals surface area contributed by atoms with Crippen LogP contribution in [0.25, 0.3) is 0 Å². The van der Waals surface area contributed by atoms with E-state index >= 15 is 0 Å². The normalized spacial score (nSPS) is 18.3. The van der Waals surface area contributed by atoms with Crippen molar-refractivity contribution < 1.29 is 35.9 Å². The first-order valence-electron chi connectivity index (χ1n) is 10.5. The number of esters is 1. The van der Waals surface area contributed by atoms with Gasteiger partial charge in [-0.1, -0.05) is 91.0 Å². The highest BCUT2D eigenvalue weighted by molar-refractivity contribution is 8.00. The van der Waals surface area contributed by atoms with Gasteiger partial charge < -0.3 is 4.74 Å². The molecule has 0 amide bonds. The third-order valence-electron chi connectivity index (χ3n) is 5.72. The van der Waals surface area contributed by atoms with Crippen LogP contribution in [0.5, 0.6) is 0 Å². The highest BCUT2D eigenvalue weighted by atomic mass is 32.2. The molecule has 1 fully saturated rings. The second-order valence-electron chi connectivity index (χ2n) is 7.88. The van der Waals surface area contributed by atoms with Gasteiger partial charge in [0.05, 0.1) is 4.75 Å². The van der Waals surface area contributed by atoms with Gasteiger partial charge in [0.1, 0.15) is 6.04 Å². The summed E-state index contributed by atoms with van der Waals surface area (Å²) in [5.41, 5.74) is -2.53. The third-order valence-corrected chi connectivity index (χ3v) is 7.36. The molecule has 3 aromatic rings. The Morgan fingerprint density at radius 3 is 1.40 bits per heavy atom. The first-order valence-corrected chi connectivity index (χ1v) is 11.4. The zero-order chi connectivity index (χ0) is 25.3. The molecule has 3 nitrogen and oxygen atoms in total. The molecule has 0 radical (unpaired) electrons. The van der Waals surface area contributed by atoms with Gasteiger partial charge in [0, 0.05) is 5.75 Å². The quantitative estimate of drug-likeness (QED) is 0.249. The number of alkyl halides is 6. The van der Waals surface area contributed by atoms with E-state index in [4.69, 9.17) is 0 Å². The van der Waals surface area contributed by atoms with Gasteiger partial charge in [-0.05, 0) is 16.7 Å². The maximum absolute atomic E-state index is 13.5. The van der Waals surface area contributed by atoms with E-state index in [2.05, 4.69) is 4.74 Å². The molecule has 1 saturated heterocycles. The number of nitrogens with one attached hydrogen (secondary N) is 1. The maximum atomic E-state index is 13.5. The van der Waals surface area contributed by atoms with Crippen LogP contribution in [-0.4, -0.2) is 35.8 Å². The second kappa shape index (κ2) is 9.23. The highest BCUT2D eigenvalue weighted by Crippen LogP contribution is 2.51. The van der Waals surface area contributed by atoms with Crippen molar-refractivity contribution in [1.82, 2.24) is 5.32 Å². The van der Waals surface area contributed by atoms with E-state index in [9.17, 15) is 31.1 Å². The van der Waals surface area contributed by atoms with Crippen molar-refractivity contribution in [2.45, 2.75) is 28.9 Å². The van der Waals surface area contributed by atoms with Gasteiger partial charge in [-0.25, -0.2) is 5.32 Å². The van der Waals surface area contributed by atoms with Crippen LogP contribution >= 0.6 is 11.8 Å². The van der Waals surface area contributed by atoms with Gasteiger partial charge in [0.15, 0.2) is 0 Å². The molecule has 35 heavy (non-hydrogen) atoms. The molecule has 0 spiro atoms. The van der Waals surface area contributed by atoms with E-state index < -0.39 is 40.6 Å². The number of cyclic esters (lactones) is 1. The van der Waals surface area contributed by atoms with Crippen molar-refractivity contribution in [3.05, 3.63) is 108 Å². The highest BCUT2D eigenvalue weighted by Gasteiger charge is 2.78. The maximum Gasteiger partial charge on any atom is 0.452 e. The fourth-order valence-electron chi connectivity index (χ4n) is 4.08. The predicted molar refractivity (Wildman–Crippen MR) is 120 cm³/mol. The van der Waals surface area contributed by atoms with Crippen LogP contribution in [0, 0.1) is 0 Å². The van der Waals surface area contributed by atoms with E-state index in [0.717, 1.165) is 28.5 Å². The average Bonchev–Trinajstić information content (AvgIpc) is 3.20. The number of ether oxygens (including phenoxy) is 1. The molecule has 0 bridgehead atoms. The first-order chi connectivity index (χ1) is 16.5. The third kappa shape index (κ3) is 4.40. The number of hydrogen-bond donors (Lipinski definition) is 1. The fraction of sp³-hybridized carbons (Fsp3) is 0.240. The molecule has 1 aliphatic rings. The molecule has 0 aliphatic carbocycles. The summed E-state index contributed by atoms with van der Waals surface area (Å²) in [5.74, 6) is -2.04. The topological polar surface area (TPSA) is 38.3 Å². The van der Waals surface area contributed by atoms with Crippen molar-refractivity contribution in [3.8, 4) is 0 Å². The number of carbonyl (C=O) groups excluding carboxylic acids is 1. The van der Waals surface area contributed by atoms with Gasteiger partial charge in [-0.15, -0.1) is 11.8 Å². The lowest BCUT2D eigenvalue weighted by atomic mass is 9.84. The van der Waals surface area contributed by atoms with E-state index in [-0.39, 0.29) is 0 Å². The van der Waals surface area contributed by atoms with Crippen LogP contribution in [0.4, 0.5) is 26.3 Å². The Bertz CT molecular complexity index is 1040. The van der Waals surface area contributed by atoms with Crippen LogP contribution in [0.1, 0.15) is 16.7 Å². The van der Waals surface area contributed by atoms with Gasteiger partial charge in [0.25, 0.3) is 0 Å². The molecule has 184 valence electrons. The van der Waals surface area contributed by atoms with E-state index in [1.165, 1.54) is 5.32 Å². The van der Waals surface area contributed by atoms with Crippen molar-refractivity contribution in [3.63, 3.8) is 0 Å². The number of halogens is 6. The van der Waals surface area contributed by atoms with Crippen LogP contribution in [0.15, 0.2) is 91.0 Å². The molecule has 1 atom stereocenters. The van der Waals surface area contributed by atoms with Crippen molar-refractivity contribution in [2.75, 3.05) is 5.75 Å². The average molecular weight is 511 g/mol. The monoisotopic (exact) mass is 511 g/mol. The Morgan fingerprint density at radius 1 is 0.714 bits per heavy atom. The standard InChI is InChI=1S/C25H19F6NO2S/c26-24(27,28)23(25(29,30)31)32-20(21(33)34-23)16-35-22(17-10-4-1-5-11-17,18-12-6-2-7-13-18)19-14-8-3-9-15-19/h1-15,20,32H,16H2. The summed E-state index contributed by atoms with van der Waals surface area (Å²) in [7, 11) is 0. The largest absolute Gasteiger partial charge is 0.452 e. The molecular weight excluding hydrogens is 492 g/mol. The van der Waals surface area contributed by atoms with Crippen molar-refractivity contribution >= 4 is 17.7 Å². The zero-order valence-corrected chi connectivity index (χ0v) is 18.8. The number of rotatable bonds is 6. The summed E-state index contributed by atoms with van der Waals surface area (Å²) in [6, 6.07) is 25.2. The lowest BCUT2D eigenvalue weighted by molar-refractivity contribution is -0.369.